The van der Waals surface area contributed by atoms with E-state index in [0.29, 0.717) is 35.7 Å². The Morgan fingerprint density at radius 1 is 1.18 bits per heavy atom. The van der Waals surface area contributed by atoms with Crippen molar-refractivity contribution < 1.29 is 28.2 Å². The van der Waals surface area contributed by atoms with Crippen LogP contribution in [0.1, 0.15) is 29.3 Å². The molecule has 1 N–H and O–H groups in total. The number of benzene rings is 2. The molecule has 0 spiro atoms. The first kappa shape index (κ1) is 26.1. The molecule has 0 aliphatic carbocycles. The second-order valence-corrected chi connectivity index (χ2v) is 7.01. The van der Waals surface area contributed by atoms with Gasteiger partial charge in [-0.25, -0.2) is 9.18 Å². The molecule has 34 heavy (non-hydrogen) atoms. The minimum absolute atomic E-state index is 0.0374. The molecule has 0 bridgehead atoms. The van der Waals surface area contributed by atoms with Crippen molar-refractivity contribution in [1.29, 1.82) is 0 Å². The average molecular weight is 467 g/mol. The van der Waals surface area contributed by atoms with Crippen LogP contribution < -0.4 is 14.8 Å². The van der Waals surface area contributed by atoms with Crippen molar-refractivity contribution in [3.8, 4) is 35.8 Å². The molecule has 0 aromatic heterocycles. The molecular weight excluding hydrogens is 439 g/mol. The van der Waals surface area contributed by atoms with E-state index >= 15 is 0 Å². The highest BCUT2D eigenvalue weighted by Crippen LogP contribution is 2.34. The molecule has 0 heterocycles. The second-order valence-electron chi connectivity index (χ2n) is 7.01. The van der Waals surface area contributed by atoms with Gasteiger partial charge in [0.2, 0.25) is 5.91 Å². The zero-order valence-corrected chi connectivity index (χ0v) is 19.4. The Balaban J connectivity index is 2.05. The summed E-state index contributed by atoms with van der Waals surface area (Å²) >= 11 is 0. The number of ether oxygens (including phenoxy) is 3. The number of nitrogens with one attached hydrogen (secondary N) is 1. The fourth-order valence-corrected chi connectivity index (χ4v) is 3.10. The normalized spacial score (nSPS) is 9.74. The van der Waals surface area contributed by atoms with Crippen LogP contribution in [0.25, 0.3) is 0 Å². The molecule has 2 aromatic carbocycles. The molecule has 2 rings (SSSR count). The highest BCUT2D eigenvalue weighted by molar-refractivity contribution is 5.96. The third kappa shape index (κ3) is 7.46. The lowest BCUT2D eigenvalue weighted by Gasteiger charge is -2.18. The average Bonchev–Trinajstić information content (AvgIpc) is 2.83. The third-order valence-corrected chi connectivity index (χ3v) is 4.67. The van der Waals surface area contributed by atoms with Crippen LogP contribution in [0.4, 0.5) is 10.1 Å². The predicted molar refractivity (Wildman–Crippen MR) is 127 cm³/mol. The van der Waals surface area contributed by atoms with E-state index in [1.54, 1.807) is 25.1 Å². The Morgan fingerprint density at radius 2 is 1.97 bits per heavy atom. The largest absolute Gasteiger partial charge is 0.493 e. The Bertz CT molecular complexity index is 1110. The number of methoxy groups -OCH3 is 2. The maximum Gasteiger partial charge on any atom is 0.340 e. The van der Waals surface area contributed by atoms with E-state index in [1.165, 1.54) is 37.3 Å². The minimum Gasteiger partial charge on any atom is -0.493 e. The number of amides is 1. The van der Waals surface area contributed by atoms with E-state index in [-0.39, 0.29) is 31.0 Å². The summed E-state index contributed by atoms with van der Waals surface area (Å²) in [6.07, 6.45) is 5.79. The van der Waals surface area contributed by atoms with Gasteiger partial charge in [-0.15, -0.1) is 6.42 Å². The molecule has 0 atom stereocenters. The number of hydrogen-bond donors (Lipinski definition) is 1. The van der Waals surface area contributed by atoms with Crippen LogP contribution in [0.2, 0.25) is 0 Å². The predicted octanol–water partition coefficient (Wildman–Crippen LogP) is 3.49. The lowest BCUT2D eigenvalue weighted by atomic mass is 10.1. The molecule has 0 aliphatic heterocycles. The van der Waals surface area contributed by atoms with Gasteiger partial charge in [0.25, 0.3) is 0 Å². The molecule has 1 amide bonds. The van der Waals surface area contributed by atoms with E-state index in [0.717, 1.165) is 0 Å². The summed E-state index contributed by atoms with van der Waals surface area (Å²) in [5.41, 5.74) is 1.28. The van der Waals surface area contributed by atoms with Gasteiger partial charge in [-0.3, -0.25) is 9.69 Å². The van der Waals surface area contributed by atoms with E-state index < -0.39 is 11.8 Å². The summed E-state index contributed by atoms with van der Waals surface area (Å²) in [5, 5.41) is 2.96. The van der Waals surface area contributed by atoms with Crippen LogP contribution in [-0.4, -0.2) is 50.7 Å². The van der Waals surface area contributed by atoms with Crippen LogP contribution >= 0.6 is 0 Å². The number of carbonyl (C=O) groups excluding carboxylic acids is 2. The Hall–Kier alpha value is -4.17. The second kappa shape index (κ2) is 13.4. The third-order valence-electron chi connectivity index (χ3n) is 4.67. The van der Waals surface area contributed by atoms with Crippen molar-refractivity contribution >= 4 is 17.6 Å². The number of esters is 1. The maximum absolute atomic E-state index is 13.4. The maximum atomic E-state index is 13.4. The molecule has 0 aliphatic rings. The molecule has 0 saturated heterocycles. The number of anilines is 1. The summed E-state index contributed by atoms with van der Waals surface area (Å²) in [6, 6.07) is 11.8. The summed E-state index contributed by atoms with van der Waals surface area (Å²) < 4.78 is 29.5. The lowest BCUT2D eigenvalue weighted by molar-refractivity contribution is -0.127. The quantitative estimate of drug-likeness (QED) is 0.237. The summed E-state index contributed by atoms with van der Waals surface area (Å²) in [4.78, 5) is 26.2. The zero-order chi connectivity index (χ0) is 24.9. The van der Waals surface area contributed by atoms with E-state index in [4.69, 9.17) is 20.6 Å². The summed E-state index contributed by atoms with van der Waals surface area (Å²) in [5.74, 6) is 4.72. The van der Waals surface area contributed by atoms with Crippen molar-refractivity contribution in [1.82, 2.24) is 4.90 Å². The van der Waals surface area contributed by atoms with Crippen LogP contribution in [0, 0.1) is 30.1 Å². The molecule has 0 radical (unpaired) electrons. The van der Waals surface area contributed by atoms with Crippen LogP contribution in [-0.2, 0) is 16.0 Å². The Morgan fingerprint density at radius 3 is 2.62 bits per heavy atom. The topological polar surface area (TPSA) is 77.1 Å². The highest BCUT2D eigenvalue weighted by atomic mass is 19.1. The van der Waals surface area contributed by atoms with Crippen molar-refractivity contribution in [2.75, 3.05) is 39.2 Å². The van der Waals surface area contributed by atoms with Gasteiger partial charge < -0.3 is 19.5 Å². The van der Waals surface area contributed by atoms with Gasteiger partial charge in [0.05, 0.1) is 45.0 Å². The smallest absolute Gasteiger partial charge is 0.340 e. The number of rotatable bonds is 11. The first-order valence-corrected chi connectivity index (χ1v) is 10.5. The Kier molecular flexibility index (Phi) is 10.3. The molecule has 0 saturated carbocycles. The molecule has 8 heteroatoms. The molecule has 7 nitrogen and oxygen atoms in total. The molecule has 178 valence electrons. The minimum atomic E-state index is -0.556. The molecule has 0 unspecified atom stereocenters. The van der Waals surface area contributed by atoms with Gasteiger partial charge in [-0.1, -0.05) is 24.0 Å². The van der Waals surface area contributed by atoms with Gasteiger partial charge >= 0.3 is 5.97 Å². The van der Waals surface area contributed by atoms with Crippen molar-refractivity contribution in [3.05, 3.63) is 53.3 Å². The first-order chi connectivity index (χ1) is 16.4. The van der Waals surface area contributed by atoms with E-state index in [9.17, 15) is 14.0 Å². The van der Waals surface area contributed by atoms with E-state index in [2.05, 4.69) is 23.2 Å². The van der Waals surface area contributed by atoms with Gasteiger partial charge in [0, 0.05) is 31.1 Å². The first-order valence-electron chi connectivity index (χ1n) is 10.5. The monoisotopic (exact) mass is 466 g/mol. The number of nitrogens with zero attached hydrogens (tertiary/aromatic N) is 1. The summed E-state index contributed by atoms with van der Waals surface area (Å²) in [7, 11) is 2.76. The number of carbonyl (C=O) groups is 2. The van der Waals surface area contributed by atoms with Crippen molar-refractivity contribution in [3.63, 3.8) is 0 Å². The lowest BCUT2D eigenvalue weighted by Crippen LogP contribution is -2.29. The fourth-order valence-electron chi connectivity index (χ4n) is 3.10. The standard InChI is InChI=1S/C26H27FN2O5/c1-5-11-28-22-18-23(32-3)24(17-21(22)26(31)33-4)34-14-8-13-29(12-6-2)25(30)16-19-9-7-10-20(27)15-19/h1,7,9-10,15,17-18,28H,8,11,13-14,16H2,2-4H3. The van der Waals surface area contributed by atoms with Crippen LogP contribution in [0.5, 0.6) is 11.5 Å². The molecule has 2 aromatic rings. The van der Waals surface area contributed by atoms with Gasteiger partial charge in [0.1, 0.15) is 5.82 Å². The van der Waals surface area contributed by atoms with Crippen molar-refractivity contribution in [2.45, 2.75) is 19.8 Å². The summed E-state index contributed by atoms with van der Waals surface area (Å²) in [6.45, 7) is 2.38. The Labute approximate surface area is 199 Å². The van der Waals surface area contributed by atoms with Gasteiger partial charge in [-0.05, 0) is 24.6 Å². The number of hydrogen-bond acceptors (Lipinski definition) is 6. The zero-order valence-electron chi connectivity index (χ0n) is 19.4. The van der Waals surface area contributed by atoms with Crippen LogP contribution in [0.15, 0.2) is 36.4 Å². The van der Waals surface area contributed by atoms with E-state index in [1.807, 2.05) is 0 Å². The number of halogens is 1. The molecule has 0 fully saturated rings. The SMILES string of the molecule is C#CCNc1cc(OC)c(OCCCN(C#CC)C(=O)Cc2cccc(F)c2)cc1C(=O)OC. The molecular formula is C26H27FN2O5. The van der Waals surface area contributed by atoms with Gasteiger partial charge in [0.15, 0.2) is 11.5 Å². The van der Waals surface area contributed by atoms with Gasteiger partial charge in [-0.2, -0.15) is 0 Å². The fraction of sp³-hybridized carbons (Fsp3) is 0.308. The highest BCUT2D eigenvalue weighted by Gasteiger charge is 2.18. The van der Waals surface area contributed by atoms with Crippen LogP contribution in [0.3, 0.4) is 0 Å². The number of terminal acetylenes is 1. The van der Waals surface area contributed by atoms with Crippen molar-refractivity contribution in [2.24, 2.45) is 0 Å².